The number of rotatable bonds is 9. The summed E-state index contributed by atoms with van der Waals surface area (Å²) in [4.78, 5) is 12.5. The third-order valence-corrected chi connectivity index (χ3v) is 3.92. The summed E-state index contributed by atoms with van der Waals surface area (Å²) in [6.45, 7) is 2.20. The molecule has 2 aromatic rings. The molecule has 26 heavy (non-hydrogen) atoms. The van der Waals surface area contributed by atoms with Crippen LogP contribution in [0.25, 0.3) is 0 Å². The Morgan fingerprint density at radius 2 is 1.65 bits per heavy atom. The largest absolute Gasteiger partial charge is 0.493 e. The SMILES string of the molecule is CC[C@H](Oc1ccccc1)C(=O)NCc1ccc(OC)c(OC)c1OC. The van der Waals surface area contributed by atoms with Gasteiger partial charge in [-0.1, -0.05) is 25.1 Å². The molecule has 0 saturated heterocycles. The first-order chi connectivity index (χ1) is 12.6. The highest BCUT2D eigenvalue weighted by Crippen LogP contribution is 2.39. The van der Waals surface area contributed by atoms with Crippen LogP contribution in [0.3, 0.4) is 0 Å². The van der Waals surface area contributed by atoms with Crippen molar-refractivity contribution in [2.45, 2.75) is 26.0 Å². The quantitative estimate of drug-likeness (QED) is 0.745. The average molecular weight is 359 g/mol. The van der Waals surface area contributed by atoms with Crippen molar-refractivity contribution in [1.82, 2.24) is 5.32 Å². The van der Waals surface area contributed by atoms with Crippen LogP contribution in [0.5, 0.6) is 23.0 Å². The van der Waals surface area contributed by atoms with Gasteiger partial charge in [-0.3, -0.25) is 4.79 Å². The Kier molecular flexibility index (Phi) is 7.14. The van der Waals surface area contributed by atoms with E-state index in [0.717, 1.165) is 5.56 Å². The van der Waals surface area contributed by atoms with Gasteiger partial charge in [-0.15, -0.1) is 0 Å². The zero-order chi connectivity index (χ0) is 18.9. The number of amides is 1. The third kappa shape index (κ3) is 4.59. The highest BCUT2D eigenvalue weighted by molar-refractivity contribution is 5.81. The summed E-state index contributed by atoms with van der Waals surface area (Å²) in [5.41, 5.74) is 0.785. The van der Waals surface area contributed by atoms with Gasteiger partial charge in [-0.2, -0.15) is 0 Å². The van der Waals surface area contributed by atoms with Crippen molar-refractivity contribution in [2.24, 2.45) is 0 Å². The van der Waals surface area contributed by atoms with E-state index in [1.165, 1.54) is 0 Å². The number of nitrogens with one attached hydrogen (secondary N) is 1. The number of hydrogen-bond acceptors (Lipinski definition) is 5. The van der Waals surface area contributed by atoms with E-state index >= 15 is 0 Å². The molecule has 0 fully saturated rings. The van der Waals surface area contributed by atoms with Crippen LogP contribution in [-0.2, 0) is 11.3 Å². The summed E-state index contributed by atoms with van der Waals surface area (Å²) >= 11 is 0. The first kappa shape index (κ1) is 19.4. The van der Waals surface area contributed by atoms with Crippen LogP contribution < -0.4 is 24.3 Å². The van der Waals surface area contributed by atoms with E-state index in [4.69, 9.17) is 18.9 Å². The monoisotopic (exact) mass is 359 g/mol. The first-order valence-corrected chi connectivity index (χ1v) is 8.41. The van der Waals surface area contributed by atoms with Gasteiger partial charge in [0.15, 0.2) is 17.6 Å². The van der Waals surface area contributed by atoms with Gasteiger partial charge in [0.25, 0.3) is 5.91 Å². The van der Waals surface area contributed by atoms with Crippen molar-refractivity contribution in [3.05, 3.63) is 48.0 Å². The number of carbonyl (C=O) groups excluding carboxylic acids is 1. The van der Waals surface area contributed by atoms with Crippen molar-refractivity contribution < 1.29 is 23.7 Å². The molecule has 2 rings (SSSR count). The first-order valence-electron chi connectivity index (χ1n) is 8.41. The Hall–Kier alpha value is -2.89. The maximum Gasteiger partial charge on any atom is 0.261 e. The minimum absolute atomic E-state index is 0.187. The molecule has 0 bridgehead atoms. The predicted molar refractivity (Wildman–Crippen MR) is 99.1 cm³/mol. The fraction of sp³-hybridized carbons (Fsp3) is 0.350. The molecule has 0 unspecified atom stereocenters. The highest BCUT2D eigenvalue weighted by atomic mass is 16.5. The number of para-hydroxylation sites is 1. The maximum absolute atomic E-state index is 12.5. The van der Waals surface area contributed by atoms with E-state index < -0.39 is 6.10 Å². The highest BCUT2D eigenvalue weighted by Gasteiger charge is 2.20. The topological polar surface area (TPSA) is 66.0 Å². The maximum atomic E-state index is 12.5. The number of carbonyl (C=O) groups is 1. The molecule has 1 amide bonds. The summed E-state index contributed by atoms with van der Waals surface area (Å²) in [6.07, 6.45) is -0.00685. The fourth-order valence-corrected chi connectivity index (χ4v) is 2.58. The van der Waals surface area contributed by atoms with Crippen molar-refractivity contribution in [2.75, 3.05) is 21.3 Å². The van der Waals surface area contributed by atoms with Crippen LogP contribution >= 0.6 is 0 Å². The summed E-state index contributed by atoms with van der Waals surface area (Å²) in [7, 11) is 4.66. The summed E-state index contributed by atoms with van der Waals surface area (Å²) < 4.78 is 21.8. The molecule has 2 aromatic carbocycles. The molecule has 0 radical (unpaired) electrons. The van der Waals surface area contributed by atoms with Gasteiger partial charge < -0.3 is 24.3 Å². The number of benzene rings is 2. The standard InChI is InChI=1S/C20H25NO5/c1-5-16(26-15-9-7-6-8-10-15)20(22)21-13-14-11-12-17(23-2)19(25-4)18(14)24-3/h6-12,16H,5,13H2,1-4H3,(H,21,22)/t16-/m0/s1. The van der Waals surface area contributed by atoms with E-state index in [1.807, 2.05) is 43.3 Å². The summed E-state index contributed by atoms with van der Waals surface area (Å²) in [6, 6.07) is 12.9. The second-order valence-electron chi connectivity index (χ2n) is 5.54. The molecule has 0 aliphatic rings. The van der Waals surface area contributed by atoms with Gasteiger partial charge in [0, 0.05) is 12.1 Å². The van der Waals surface area contributed by atoms with Crippen molar-refractivity contribution in [3.8, 4) is 23.0 Å². The van der Waals surface area contributed by atoms with Gasteiger partial charge in [0.1, 0.15) is 5.75 Å². The zero-order valence-corrected chi connectivity index (χ0v) is 15.6. The molecule has 0 spiro atoms. The van der Waals surface area contributed by atoms with Crippen LogP contribution in [0.2, 0.25) is 0 Å². The smallest absolute Gasteiger partial charge is 0.261 e. The lowest BCUT2D eigenvalue weighted by atomic mass is 10.1. The Balaban J connectivity index is 2.08. The number of ether oxygens (including phenoxy) is 4. The lowest BCUT2D eigenvalue weighted by molar-refractivity contribution is -0.128. The van der Waals surface area contributed by atoms with Crippen LogP contribution in [0.15, 0.2) is 42.5 Å². The molecule has 0 saturated carbocycles. The van der Waals surface area contributed by atoms with Crippen molar-refractivity contribution in [3.63, 3.8) is 0 Å². The summed E-state index contributed by atoms with van der Waals surface area (Å²) in [5.74, 6) is 2.07. The number of hydrogen-bond donors (Lipinski definition) is 1. The van der Waals surface area contributed by atoms with E-state index in [-0.39, 0.29) is 12.5 Å². The normalized spacial score (nSPS) is 11.4. The van der Waals surface area contributed by atoms with Crippen LogP contribution in [0.4, 0.5) is 0 Å². The van der Waals surface area contributed by atoms with Crippen LogP contribution in [-0.4, -0.2) is 33.3 Å². The zero-order valence-electron chi connectivity index (χ0n) is 15.6. The van der Waals surface area contributed by atoms with E-state index in [2.05, 4.69) is 5.32 Å². The van der Waals surface area contributed by atoms with E-state index in [9.17, 15) is 4.79 Å². The third-order valence-electron chi connectivity index (χ3n) is 3.92. The Labute approximate surface area is 154 Å². The molecule has 0 aromatic heterocycles. The van der Waals surface area contributed by atoms with Gasteiger partial charge in [-0.05, 0) is 30.7 Å². The molecule has 0 heterocycles. The fourth-order valence-electron chi connectivity index (χ4n) is 2.58. The molecule has 6 heteroatoms. The molecule has 0 aliphatic carbocycles. The summed E-state index contributed by atoms with van der Waals surface area (Å²) in [5, 5.41) is 2.89. The lowest BCUT2D eigenvalue weighted by Gasteiger charge is -2.19. The van der Waals surface area contributed by atoms with Crippen LogP contribution in [0, 0.1) is 0 Å². The van der Waals surface area contributed by atoms with Gasteiger partial charge in [-0.25, -0.2) is 0 Å². The van der Waals surface area contributed by atoms with Crippen LogP contribution in [0.1, 0.15) is 18.9 Å². The molecule has 0 aliphatic heterocycles. The van der Waals surface area contributed by atoms with Gasteiger partial charge in [0.05, 0.1) is 21.3 Å². The van der Waals surface area contributed by atoms with Gasteiger partial charge >= 0.3 is 0 Å². The van der Waals surface area contributed by atoms with Gasteiger partial charge in [0.2, 0.25) is 5.75 Å². The van der Waals surface area contributed by atoms with Crippen molar-refractivity contribution in [1.29, 1.82) is 0 Å². The molecular weight excluding hydrogens is 334 g/mol. The molecule has 6 nitrogen and oxygen atoms in total. The minimum atomic E-state index is -0.566. The van der Waals surface area contributed by atoms with E-state index in [1.54, 1.807) is 27.4 Å². The Bertz CT molecular complexity index is 718. The Morgan fingerprint density at radius 3 is 2.23 bits per heavy atom. The minimum Gasteiger partial charge on any atom is -0.493 e. The van der Waals surface area contributed by atoms with Crippen molar-refractivity contribution >= 4 is 5.91 Å². The second-order valence-corrected chi connectivity index (χ2v) is 5.54. The molecule has 140 valence electrons. The van der Waals surface area contributed by atoms with E-state index in [0.29, 0.717) is 29.4 Å². The molecular formula is C20H25NO5. The molecule has 1 N–H and O–H groups in total. The predicted octanol–water partition coefficient (Wildman–Crippen LogP) is 3.19. The number of methoxy groups -OCH3 is 3. The second kappa shape index (κ2) is 9.56. The average Bonchev–Trinajstić information content (AvgIpc) is 2.69. The lowest BCUT2D eigenvalue weighted by Crippen LogP contribution is -2.37. The molecule has 1 atom stereocenters. The Morgan fingerprint density at radius 1 is 0.962 bits per heavy atom.